The molecule has 0 saturated heterocycles. The summed E-state index contributed by atoms with van der Waals surface area (Å²) in [6.45, 7) is 2.86. The number of hydrogen-bond donors (Lipinski definition) is 1. The molecule has 0 fully saturated rings. The van der Waals surface area contributed by atoms with Gasteiger partial charge in [0.1, 0.15) is 5.75 Å². The van der Waals surface area contributed by atoms with Gasteiger partial charge in [0.05, 0.1) is 11.5 Å². The van der Waals surface area contributed by atoms with Crippen molar-refractivity contribution in [1.82, 2.24) is 4.72 Å². The maximum absolute atomic E-state index is 12.7. The molecule has 0 aromatic heterocycles. The van der Waals surface area contributed by atoms with Crippen LogP contribution in [0.3, 0.4) is 0 Å². The largest absolute Gasteiger partial charge is 0.494 e. The first kappa shape index (κ1) is 17.6. The van der Waals surface area contributed by atoms with Crippen LogP contribution in [0.4, 0.5) is 0 Å². The fraction of sp³-hybridized carbons (Fsp3) is 0.200. The molecule has 1 N–H and O–H groups in total. The van der Waals surface area contributed by atoms with E-state index in [1.165, 1.54) is 0 Å². The Bertz CT molecular complexity index is 1090. The summed E-state index contributed by atoms with van der Waals surface area (Å²) in [4.78, 5) is 0.222. The Balaban J connectivity index is 1.53. The van der Waals surface area contributed by atoms with Crippen molar-refractivity contribution in [2.45, 2.75) is 18.4 Å². The fourth-order valence-electron chi connectivity index (χ4n) is 2.94. The molecule has 6 nitrogen and oxygen atoms in total. The maximum Gasteiger partial charge on any atom is 0.240 e. The van der Waals surface area contributed by atoms with Crippen molar-refractivity contribution in [2.75, 3.05) is 13.4 Å². The normalized spacial score (nSPS) is 13.1. The summed E-state index contributed by atoms with van der Waals surface area (Å²) in [5.74, 6) is 2.06. The molecule has 0 spiro atoms. The Morgan fingerprint density at radius 2 is 1.74 bits per heavy atom. The third-order valence-electron chi connectivity index (χ3n) is 4.31. The summed E-state index contributed by atoms with van der Waals surface area (Å²) in [5, 5.41) is 1.76. The summed E-state index contributed by atoms with van der Waals surface area (Å²) < 4.78 is 44.0. The van der Waals surface area contributed by atoms with Gasteiger partial charge < -0.3 is 14.2 Å². The van der Waals surface area contributed by atoms with Gasteiger partial charge in [-0.25, -0.2) is 13.1 Å². The van der Waals surface area contributed by atoms with E-state index in [-0.39, 0.29) is 18.2 Å². The van der Waals surface area contributed by atoms with E-state index in [4.69, 9.17) is 14.2 Å². The van der Waals surface area contributed by atoms with Crippen molar-refractivity contribution in [3.05, 3.63) is 60.2 Å². The summed E-state index contributed by atoms with van der Waals surface area (Å²) in [6, 6.07) is 16.0. The minimum absolute atomic E-state index is 0.167. The average Bonchev–Trinajstić information content (AvgIpc) is 3.14. The van der Waals surface area contributed by atoms with Crippen molar-refractivity contribution in [2.24, 2.45) is 0 Å². The van der Waals surface area contributed by atoms with Crippen LogP contribution in [-0.2, 0) is 16.6 Å². The van der Waals surface area contributed by atoms with E-state index in [0.29, 0.717) is 18.1 Å². The zero-order valence-electron chi connectivity index (χ0n) is 14.8. The first-order valence-electron chi connectivity index (χ1n) is 8.60. The highest BCUT2D eigenvalue weighted by Crippen LogP contribution is 2.32. The van der Waals surface area contributed by atoms with Gasteiger partial charge in [-0.15, -0.1) is 0 Å². The van der Waals surface area contributed by atoms with E-state index in [9.17, 15) is 8.42 Å². The molecule has 0 saturated carbocycles. The van der Waals surface area contributed by atoms with E-state index in [2.05, 4.69) is 4.72 Å². The van der Waals surface area contributed by atoms with Crippen LogP contribution in [-0.4, -0.2) is 21.8 Å². The molecule has 0 atom stereocenters. The summed E-state index contributed by atoms with van der Waals surface area (Å²) in [7, 11) is -3.64. The number of ether oxygens (including phenoxy) is 3. The number of benzene rings is 3. The molecule has 3 aromatic carbocycles. The highest BCUT2D eigenvalue weighted by atomic mass is 32.2. The first-order valence-corrected chi connectivity index (χ1v) is 10.1. The van der Waals surface area contributed by atoms with Crippen LogP contribution >= 0.6 is 0 Å². The maximum atomic E-state index is 12.7. The van der Waals surface area contributed by atoms with E-state index >= 15 is 0 Å². The standard InChI is InChI=1S/C20H19NO5S/c1-2-24-17-6-4-16-11-18(7-5-15(16)10-17)27(22,23)21-12-14-3-8-19-20(9-14)26-13-25-19/h3-11,21H,2,12-13H2,1H3. The van der Waals surface area contributed by atoms with Crippen molar-refractivity contribution in [3.8, 4) is 17.2 Å². The quantitative estimate of drug-likeness (QED) is 0.704. The van der Waals surface area contributed by atoms with Crippen LogP contribution in [0.5, 0.6) is 17.2 Å². The highest BCUT2D eigenvalue weighted by molar-refractivity contribution is 7.89. The van der Waals surface area contributed by atoms with E-state index in [0.717, 1.165) is 22.1 Å². The minimum Gasteiger partial charge on any atom is -0.494 e. The number of rotatable bonds is 6. The summed E-state index contributed by atoms with van der Waals surface area (Å²) in [6.07, 6.45) is 0. The molecular weight excluding hydrogens is 366 g/mol. The van der Waals surface area contributed by atoms with Crippen LogP contribution in [0, 0.1) is 0 Å². The number of fused-ring (bicyclic) bond motifs is 2. The Labute approximate surface area is 157 Å². The van der Waals surface area contributed by atoms with E-state index < -0.39 is 10.0 Å². The second-order valence-corrected chi connectivity index (χ2v) is 7.88. The van der Waals surface area contributed by atoms with Crippen LogP contribution in [0.25, 0.3) is 10.8 Å². The Hall–Kier alpha value is -2.77. The highest BCUT2D eigenvalue weighted by Gasteiger charge is 2.17. The van der Waals surface area contributed by atoms with Crippen LogP contribution in [0.15, 0.2) is 59.5 Å². The molecular formula is C20H19NO5S. The molecule has 4 rings (SSSR count). The lowest BCUT2D eigenvalue weighted by Gasteiger charge is -2.09. The minimum atomic E-state index is -3.64. The second-order valence-electron chi connectivity index (χ2n) is 6.12. The molecule has 3 aromatic rings. The van der Waals surface area contributed by atoms with Gasteiger partial charge in [0.15, 0.2) is 11.5 Å². The molecule has 1 aliphatic rings. The van der Waals surface area contributed by atoms with Gasteiger partial charge in [0.25, 0.3) is 0 Å². The first-order chi connectivity index (χ1) is 13.0. The van der Waals surface area contributed by atoms with E-state index in [1.807, 2.05) is 31.2 Å². The predicted octanol–water partition coefficient (Wildman–Crippen LogP) is 3.45. The molecule has 0 unspecified atom stereocenters. The van der Waals surface area contributed by atoms with Crippen LogP contribution < -0.4 is 18.9 Å². The summed E-state index contributed by atoms with van der Waals surface area (Å²) in [5.41, 5.74) is 0.796. The Kier molecular flexibility index (Phi) is 4.63. The van der Waals surface area contributed by atoms with E-state index in [1.54, 1.807) is 30.3 Å². The monoisotopic (exact) mass is 385 g/mol. The smallest absolute Gasteiger partial charge is 0.240 e. The molecule has 1 heterocycles. The van der Waals surface area contributed by atoms with Gasteiger partial charge in [-0.2, -0.15) is 0 Å². The molecule has 1 aliphatic heterocycles. The third kappa shape index (κ3) is 3.70. The topological polar surface area (TPSA) is 73.9 Å². The average molecular weight is 385 g/mol. The zero-order chi connectivity index (χ0) is 18.9. The molecule has 140 valence electrons. The van der Waals surface area contributed by atoms with Gasteiger partial charge in [0, 0.05) is 6.54 Å². The lowest BCUT2D eigenvalue weighted by molar-refractivity contribution is 0.174. The second kappa shape index (κ2) is 7.09. The zero-order valence-corrected chi connectivity index (χ0v) is 15.6. The van der Waals surface area contributed by atoms with Gasteiger partial charge in [-0.05, 0) is 59.7 Å². The van der Waals surface area contributed by atoms with Gasteiger partial charge in [0.2, 0.25) is 16.8 Å². The molecule has 0 bridgehead atoms. The molecule has 0 aliphatic carbocycles. The van der Waals surface area contributed by atoms with Crippen molar-refractivity contribution >= 4 is 20.8 Å². The van der Waals surface area contributed by atoms with Gasteiger partial charge in [-0.3, -0.25) is 0 Å². The number of nitrogens with one attached hydrogen (secondary N) is 1. The van der Waals surface area contributed by atoms with Gasteiger partial charge in [-0.1, -0.05) is 18.2 Å². The molecule has 27 heavy (non-hydrogen) atoms. The number of sulfonamides is 1. The fourth-order valence-corrected chi connectivity index (χ4v) is 3.99. The predicted molar refractivity (Wildman–Crippen MR) is 102 cm³/mol. The molecule has 0 amide bonds. The molecule has 7 heteroatoms. The third-order valence-corrected chi connectivity index (χ3v) is 5.71. The Morgan fingerprint density at radius 1 is 0.963 bits per heavy atom. The number of hydrogen-bond acceptors (Lipinski definition) is 5. The SMILES string of the molecule is CCOc1ccc2cc(S(=O)(=O)NCc3ccc4c(c3)OCO4)ccc2c1. The summed E-state index contributed by atoms with van der Waals surface area (Å²) >= 11 is 0. The van der Waals surface area contributed by atoms with Crippen molar-refractivity contribution in [3.63, 3.8) is 0 Å². The van der Waals surface area contributed by atoms with Crippen molar-refractivity contribution in [1.29, 1.82) is 0 Å². The molecule has 0 radical (unpaired) electrons. The lowest BCUT2D eigenvalue weighted by atomic mass is 10.1. The van der Waals surface area contributed by atoms with Gasteiger partial charge >= 0.3 is 0 Å². The van der Waals surface area contributed by atoms with Crippen LogP contribution in [0.2, 0.25) is 0 Å². The Morgan fingerprint density at radius 3 is 2.59 bits per heavy atom. The van der Waals surface area contributed by atoms with Crippen molar-refractivity contribution < 1.29 is 22.6 Å². The van der Waals surface area contributed by atoms with Crippen LogP contribution in [0.1, 0.15) is 12.5 Å². The lowest BCUT2D eigenvalue weighted by Crippen LogP contribution is -2.23.